The predicted octanol–water partition coefficient (Wildman–Crippen LogP) is 4.41. The molecule has 5 rings (SSSR count). The van der Waals surface area contributed by atoms with E-state index in [0.717, 1.165) is 49.9 Å². The van der Waals surface area contributed by atoms with Gasteiger partial charge in [-0.3, -0.25) is 9.10 Å². The fraction of sp³-hybridized carbons (Fsp3) is 0.387. The smallest absolute Gasteiger partial charge is 0.232 e. The van der Waals surface area contributed by atoms with Gasteiger partial charge in [0.25, 0.3) is 0 Å². The second kappa shape index (κ2) is 11.3. The summed E-state index contributed by atoms with van der Waals surface area (Å²) in [6, 6.07) is 28.4. The number of amides is 1. The molecule has 1 amide bonds. The Morgan fingerprint density at radius 2 is 1.53 bits per heavy atom. The molecule has 1 heterocycles. The number of carbonyl (C=O) groups excluding carboxylic acids is 1. The van der Waals surface area contributed by atoms with Crippen molar-refractivity contribution in [1.29, 1.82) is 0 Å². The van der Waals surface area contributed by atoms with Crippen molar-refractivity contribution in [1.82, 2.24) is 10.6 Å². The van der Waals surface area contributed by atoms with Crippen LogP contribution >= 0.6 is 0 Å². The molecule has 0 aromatic heterocycles. The van der Waals surface area contributed by atoms with Crippen LogP contribution in [-0.4, -0.2) is 39.7 Å². The molecular weight excluding hydrogens is 494 g/mol. The Bertz CT molecular complexity index is 1340. The number of hydrogen-bond donors (Lipinski definition) is 2. The molecule has 1 aliphatic heterocycles. The average Bonchev–Trinajstić information content (AvgIpc) is 3.25. The van der Waals surface area contributed by atoms with Crippen LogP contribution in [0.3, 0.4) is 0 Å². The number of para-hydroxylation sites is 1. The summed E-state index contributed by atoms with van der Waals surface area (Å²) in [4.78, 5) is 13.5. The van der Waals surface area contributed by atoms with Crippen LogP contribution < -0.4 is 14.9 Å². The topological polar surface area (TPSA) is 78.5 Å². The lowest BCUT2D eigenvalue weighted by molar-refractivity contribution is -0.127. The van der Waals surface area contributed by atoms with Crippen molar-refractivity contribution in [2.45, 2.75) is 50.1 Å². The highest BCUT2D eigenvalue weighted by Crippen LogP contribution is 2.50. The molecule has 0 bridgehead atoms. The molecule has 7 heteroatoms. The minimum atomic E-state index is -3.35. The second-order valence-electron chi connectivity index (χ2n) is 10.9. The van der Waals surface area contributed by atoms with Crippen LogP contribution in [0.2, 0.25) is 0 Å². The van der Waals surface area contributed by atoms with Crippen molar-refractivity contribution in [3.8, 4) is 0 Å². The molecule has 2 aliphatic rings. The molecular formula is C31H37N3O3S. The Hall–Kier alpha value is -3.16. The number of fused-ring (bicyclic) bond motifs is 2. The van der Waals surface area contributed by atoms with Gasteiger partial charge in [0.05, 0.1) is 11.9 Å². The largest absolute Gasteiger partial charge is 0.352 e. The lowest BCUT2D eigenvalue weighted by Gasteiger charge is -2.37. The van der Waals surface area contributed by atoms with Gasteiger partial charge in [0.15, 0.2) is 0 Å². The monoisotopic (exact) mass is 531 g/mol. The zero-order valence-corrected chi connectivity index (χ0v) is 22.8. The van der Waals surface area contributed by atoms with Gasteiger partial charge in [-0.25, -0.2) is 8.42 Å². The number of carbonyl (C=O) groups is 1. The minimum Gasteiger partial charge on any atom is -0.352 e. The first-order valence-electron chi connectivity index (χ1n) is 13.5. The molecule has 3 aromatic rings. The molecule has 3 aromatic carbocycles. The van der Waals surface area contributed by atoms with Gasteiger partial charge < -0.3 is 10.6 Å². The van der Waals surface area contributed by atoms with E-state index in [0.29, 0.717) is 13.1 Å². The van der Waals surface area contributed by atoms with Gasteiger partial charge in [-0.05, 0) is 54.9 Å². The SMILES string of the molecule is CS(=O)(=O)N1C[C@]2(CC[C@@H](C(=O)N[C@H](CNCc3ccccc3)Cc3ccccc3)CC2)c2ccccc21. The van der Waals surface area contributed by atoms with Crippen molar-refractivity contribution in [2.24, 2.45) is 5.92 Å². The Labute approximate surface area is 226 Å². The predicted molar refractivity (Wildman–Crippen MR) is 152 cm³/mol. The number of benzene rings is 3. The number of nitrogens with zero attached hydrogens (tertiary/aromatic N) is 1. The quantitative estimate of drug-likeness (QED) is 0.429. The minimum absolute atomic E-state index is 0.0163. The van der Waals surface area contributed by atoms with E-state index in [-0.39, 0.29) is 23.3 Å². The van der Waals surface area contributed by atoms with Crippen molar-refractivity contribution >= 4 is 21.6 Å². The molecule has 1 aliphatic carbocycles. The van der Waals surface area contributed by atoms with Crippen molar-refractivity contribution in [2.75, 3.05) is 23.7 Å². The van der Waals surface area contributed by atoms with Gasteiger partial charge in [-0.1, -0.05) is 78.9 Å². The maximum Gasteiger partial charge on any atom is 0.232 e. The molecule has 38 heavy (non-hydrogen) atoms. The summed E-state index contributed by atoms with van der Waals surface area (Å²) in [6.07, 6.45) is 5.18. The summed E-state index contributed by atoms with van der Waals surface area (Å²) >= 11 is 0. The van der Waals surface area contributed by atoms with Gasteiger partial charge >= 0.3 is 0 Å². The summed E-state index contributed by atoms with van der Waals surface area (Å²) in [5, 5.41) is 6.87. The van der Waals surface area contributed by atoms with Crippen LogP contribution in [0.15, 0.2) is 84.9 Å². The van der Waals surface area contributed by atoms with E-state index in [1.165, 1.54) is 17.4 Å². The summed E-state index contributed by atoms with van der Waals surface area (Å²) in [5.41, 5.74) is 4.11. The van der Waals surface area contributed by atoms with E-state index in [2.05, 4.69) is 41.0 Å². The van der Waals surface area contributed by atoms with E-state index >= 15 is 0 Å². The lowest BCUT2D eigenvalue weighted by Crippen LogP contribution is -2.47. The molecule has 1 spiro atoms. The number of hydrogen-bond acceptors (Lipinski definition) is 4. The summed E-state index contributed by atoms with van der Waals surface area (Å²) in [6.45, 7) is 1.91. The summed E-state index contributed by atoms with van der Waals surface area (Å²) < 4.78 is 26.6. The highest BCUT2D eigenvalue weighted by Gasteiger charge is 2.47. The van der Waals surface area contributed by atoms with Gasteiger partial charge in [-0.15, -0.1) is 0 Å². The fourth-order valence-corrected chi connectivity index (χ4v) is 7.12. The fourth-order valence-electron chi connectivity index (χ4n) is 6.12. The van der Waals surface area contributed by atoms with Crippen molar-refractivity contribution < 1.29 is 13.2 Å². The Morgan fingerprint density at radius 3 is 2.18 bits per heavy atom. The van der Waals surface area contributed by atoms with Crippen LogP contribution in [0.5, 0.6) is 0 Å². The Kier molecular flexibility index (Phi) is 7.86. The first-order chi connectivity index (χ1) is 18.3. The van der Waals surface area contributed by atoms with E-state index < -0.39 is 10.0 Å². The average molecular weight is 532 g/mol. The van der Waals surface area contributed by atoms with Crippen LogP contribution in [-0.2, 0) is 33.2 Å². The van der Waals surface area contributed by atoms with Crippen LogP contribution in [0.4, 0.5) is 5.69 Å². The van der Waals surface area contributed by atoms with E-state index in [4.69, 9.17) is 0 Å². The third-order valence-electron chi connectivity index (χ3n) is 8.14. The molecule has 0 saturated heterocycles. The van der Waals surface area contributed by atoms with E-state index in [1.807, 2.05) is 54.6 Å². The zero-order chi connectivity index (χ0) is 26.6. The Morgan fingerprint density at radius 1 is 0.921 bits per heavy atom. The van der Waals surface area contributed by atoms with Gasteiger partial charge in [-0.2, -0.15) is 0 Å². The van der Waals surface area contributed by atoms with Crippen LogP contribution in [0.25, 0.3) is 0 Å². The first-order valence-corrected chi connectivity index (χ1v) is 15.4. The number of anilines is 1. The maximum atomic E-state index is 13.5. The lowest BCUT2D eigenvalue weighted by atomic mass is 9.67. The maximum absolute atomic E-state index is 13.5. The van der Waals surface area contributed by atoms with Crippen molar-refractivity contribution in [3.05, 3.63) is 102 Å². The molecule has 200 valence electrons. The van der Waals surface area contributed by atoms with Gasteiger partial charge in [0.2, 0.25) is 15.9 Å². The van der Waals surface area contributed by atoms with E-state index in [9.17, 15) is 13.2 Å². The van der Waals surface area contributed by atoms with Gasteiger partial charge in [0.1, 0.15) is 0 Å². The first kappa shape index (κ1) is 26.4. The standard InChI is InChI=1S/C31H37N3O3S/c1-38(36,37)34-23-31(28-14-8-9-15-29(28)34)18-16-26(17-19-31)30(35)33-27(20-24-10-4-2-5-11-24)22-32-21-25-12-6-3-7-13-25/h2-15,26-27,32H,16-23H2,1H3,(H,33,35)/t26-,27-,31-/m0/s1. The highest BCUT2D eigenvalue weighted by atomic mass is 32.2. The number of nitrogens with one attached hydrogen (secondary N) is 2. The molecule has 0 unspecified atom stereocenters. The molecule has 1 saturated carbocycles. The summed E-state index contributed by atoms with van der Waals surface area (Å²) in [5.74, 6) is 0.0426. The Balaban J connectivity index is 1.23. The zero-order valence-electron chi connectivity index (χ0n) is 22.0. The van der Waals surface area contributed by atoms with Crippen molar-refractivity contribution in [3.63, 3.8) is 0 Å². The summed E-state index contributed by atoms with van der Waals surface area (Å²) in [7, 11) is -3.35. The number of rotatable bonds is 9. The normalized spacial score (nSPS) is 21.7. The van der Waals surface area contributed by atoms with E-state index in [1.54, 1.807) is 4.31 Å². The third kappa shape index (κ3) is 5.94. The third-order valence-corrected chi connectivity index (χ3v) is 9.26. The second-order valence-corrected chi connectivity index (χ2v) is 12.8. The molecule has 1 atom stereocenters. The molecule has 2 N–H and O–H groups in total. The number of sulfonamides is 1. The highest BCUT2D eigenvalue weighted by molar-refractivity contribution is 7.92. The van der Waals surface area contributed by atoms with Crippen LogP contribution in [0.1, 0.15) is 42.4 Å². The molecule has 1 fully saturated rings. The molecule has 6 nitrogen and oxygen atoms in total. The molecule has 0 radical (unpaired) electrons. The van der Waals surface area contributed by atoms with Crippen LogP contribution in [0, 0.1) is 5.92 Å². The van der Waals surface area contributed by atoms with Gasteiger partial charge in [0, 0.05) is 37.0 Å².